The molecule has 0 spiro atoms. The van der Waals surface area contributed by atoms with Crippen molar-refractivity contribution < 1.29 is 0 Å². The Morgan fingerprint density at radius 1 is 1.47 bits per heavy atom. The largest absolute Gasteiger partial charge is 0.0955 e. The molecule has 2 rings (SSSR count). The van der Waals surface area contributed by atoms with E-state index in [-0.39, 0.29) is 0 Å². The topological polar surface area (TPSA) is 0 Å². The van der Waals surface area contributed by atoms with Crippen LogP contribution in [0.1, 0.15) is 52.9 Å². The molecule has 0 aromatic heterocycles. The highest BCUT2D eigenvalue weighted by atomic mass is 14.1. The van der Waals surface area contributed by atoms with Gasteiger partial charge in [-0.25, -0.2) is 0 Å². The predicted molar refractivity (Wildman–Crippen MR) is 68.9 cm³/mol. The average molecular weight is 204 g/mol. The molecule has 0 amide bonds. The molecule has 0 aromatic carbocycles. The summed E-state index contributed by atoms with van der Waals surface area (Å²) >= 11 is 0. The first-order valence-corrected chi connectivity index (χ1v) is 6.19. The zero-order valence-electron chi connectivity index (χ0n) is 10.5. The van der Waals surface area contributed by atoms with Gasteiger partial charge in [0.15, 0.2) is 0 Å². The molecule has 0 heteroatoms. The van der Waals surface area contributed by atoms with E-state index in [1.165, 1.54) is 36.0 Å². The molecule has 0 N–H and O–H groups in total. The normalized spacial score (nSPS) is 19.7. The van der Waals surface area contributed by atoms with E-state index in [1.807, 2.05) is 0 Å². The van der Waals surface area contributed by atoms with Crippen LogP contribution < -0.4 is 0 Å². The molecule has 0 heterocycles. The lowest BCUT2D eigenvalue weighted by Crippen LogP contribution is -2.04. The van der Waals surface area contributed by atoms with Crippen LogP contribution in [0.25, 0.3) is 0 Å². The fraction of sp³-hybridized carbons (Fsp3) is 0.600. The van der Waals surface area contributed by atoms with E-state index in [1.54, 1.807) is 0 Å². The van der Waals surface area contributed by atoms with E-state index >= 15 is 0 Å². The van der Waals surface area contributed by atoms with Crippen LogP contribution in [0.3, 0.4) is 0 Å². The highest BCUT2D eigenvalue weighted by Crippen LogP contribution is 2.26. The van der Waals surface area contributed by atoms with Crippen LogP contribution >= 0.6 is 0 Å². The van der Waals surface area contributed by atoms with E-state index in [0.29, 0.717) is 0 Å². The van der Waals surface area contributed by atoms with Crippen molar-refractivity contribution >= 4 is 0 Å². The van der Waals surface area contributed by atoms with Crippen molar-refractivity contribution in [2.75, 3.05) is 0 Å². The van der Waals surface area contributed by atoms with Crippen LogP contribution in [0.4, 0.5) is 0 Å². The fourth-order valence-electron chi connectivity index (χ4n) is 1.94. The molecular weight excluding hydrogens is 180 g/mol. The van der Waals surface area contributed by atoms with E-state index in [9.17, 15) is 0 Å². The second kappa shape index (κ2) is 5.95. The van der Waals surface area contributed by atoms with E-state index in [2.05, 4.69) is 39.5 Å². The molecule has 1 fully saturated rings. The number of rotatable bonds is 2. The van der Waals surface area contributed by atoms with Crippen molar-refractivity contribution in [1.29, 1.82) is 0 Å². The maximum atomic E-state index is 3.93. The summed E-state index contributed by atoms with van der Waals surface area (Å²) in [6, 6.07) is 0. The number of hydrogen-bond donors (Lipinski definition) is 0. The van der Waals surface area contributed by atoms with Gasteiger partial charge in [0.1, 0.15) is 0 Å². The van der Waals surface area contributed by atoms with Crippen molar-refractivity contribution in [3.63, 3.8) is 0 Å². The first-order valence-electron chi connectivity index (χ1n) is 6.19. The van der Waals surface area contributed by atoms with E-state index in [0.717, 1.165) is 18.8 Å². The Kier molecular flexibility index (Phi) is 4.87. The molecule has 15 heavy (non-hydrogen) atoms. The third-order valence-corrected chi connectivity index (χ3v) is 3.31. The van der Waals surface area contributed by atoms with Gasteiger partial charge in [-0.15, -0.1) is 0 Å². The Morgan fingerprint density at radius 3 is 2.33 bits per heavy atom. The molecular formula is C15H24. The number of allylic oxidation sites excluding steroid dienone is 5. The standard InChI is InChI=1S/C10H14.C5H10/c1-4-9-6-5-7-10(9)8(2)3;1-5-3-2-4-5/h5,7H,2,4,6H2,1,3H3;5H,2-4H2,1H3. The third kappa shape index (κ3) is 3.70. The Labute approximate surface area is 94.8 Å². The Hall–Kier alpha value is -0.780. The summed E-state index contributed by atoms with van der Waals surface area (Å²) in [6.45, 7) is 10.5. The first kappa shape index (κ1) is 12.3. The molecule has 0 radical (unpaired) electrons. The lowest BCUT2D eigenvalue weighted by atomic mass is 9.88. The van der Waals surface area contributed by atoms with Crippen molar-refractivity contribution in [3.05, 3.63) is 35.5 Å². The van der Waals surface area contributed by atoms with Gasteiger partial charge in [-0.3, -0.25) is 0 Å². The summed E-state index contributed by atoms with van der Waals surface area (Å²) in [5.41, 5.74) is 4.11. The third-order valence-electron chi connectivity index (χ3n) is 3.31. The van der Waals surface area contributed by atoms with Crippen LogP contribution in [0.15, 0.2) is 35.5 Å². The zero-order valence-corrected chi connectivity index (χ0v) is 10.5. The summed E-state index contributed by atoms with van der Waals surface area (Å²) in [7, 11) is 0. The lowest BCUT2D eigenvalue weighted by Gasteiger charge is -2.18. The summed E-state index contributed by atoms with van der Waals surface area (Å²) in [5, 5.41) is 0. The van der Waals surface area contributed by atoms with Gasteiger partial charge in [0.05, 0.1) is 0 Å². The molecule has 0 unspecified atom stereocenters. The zero-order chi connectivity index (χ0) is 11.3. The maximum absolute atomic E-state index is 3.93. The van der Waals surface area contributed by atoms with Crippen molar-refractivity contribution in [3.8, 4) is 0 Å². The second-order valence-corrected chi connectivity index (χ2v) is 4.79. The monoisotopic (exact) mass is 204 g/mol. The summed E-state index contributed by atoms with van der Waals surface area (Å²) in [6.07, 6.45) is 11.2. The van der Waals surface area contributed by atoms with Crippen molar-refractivity contribution in [2.24, 2.45) is 5.92 Å². The van der Waals surface area contributed by atoms with Crippen LogP contribution in [0.2, 0.25) is 0 Å². The molecule has 0 nitrogen and oxygen atoms in total. The van der Waals surface area contributed by atoms with E-state index in [4.69, 9.17) is 0 Å². The highest BCUT2D eigenvalue weighted by molar-refractivity contribution is 5.45. The summed E-state index contributed by atoms with van der Waals surface area (Å²) < 4.78 is 0. The SMILES string of the molecule is C=C(C)C1=C(CC)CC=C1.CC1CCC1. The molecule has 0 aliphatic heterocycles. The molecule has 1 saturated carbocycles. The van der Waals surface area contributed by atoms with Crippen LogP contribution in [-0.2, 0) is 0 Å². The van der Waals surface area contributed by atoms with Gasteiger partial charge in [0.2, 0.25) is 0 Å². The molecule has 0 bridgehead atoms. The minimum Gasteiger partial charge on any atom is -0.0955 e. The Bertz CT molecular complexity index is 274. The van der Waals surface area contributed by atoms with E-state index < -0.39 is 0 Å². The molecule has 0 aromatic rings. The fourth-order valence-corrected chi connectivity index (χ4v) is 1.94. The molecule has 0 saturated heterocycles. The Morgan fingerprint density at radius 2 is 2.07 bits per heavy atom. The minimum absolute atomic E-state index is 1.06. The smallest absolute Gasteiger partial charge is 0.0126 e. The van der Waals surface area contributed by atoms with Crippen LogP contribution in [-0.4, -0.2) is 0 Å². The molecule has 84 valence electrons. The molecule has 2 aliphatic rings. The van der Waals surface area contributed by atoms with Gasteiger partial charge in [-0.05, 0) is 31.3 Å². The lowest BCUT2D eigenvalue weighted by molar-refractivity contribution is 0.346. The Balaban J connectivity index is 0.000000187. The second-order valence-electron chi connectivity index (χ2n) is 4.79. The molecule has 0 atom stereocenters. The maximum Gasteiger partial charge on any atom is -0.0126 e. The highest BCUT2D eigenvalue weighted by Gasteiger charge is 2.09. The van der Waals surface area contributed by atoms with Gasteiger partial charge in [0.25, 0.3) is 0 Å². The van der Waals surface area contributed by atoms with Crippen molar-refractivity contribution in [1.82, 2.24) is 0 Å². The molecule has 2 aliphatic carbocycles. The first-order chi connectivity index (χ1) is 7.15. The summed E-state index contributed by atoms with van der Waals surface area (Å²) in [4.78, 5) is 0. The quantitative estimate of drug-likeness (QED) is 0.591. The average Bonchev–Trinajstić information content (AvgIpc) is 2.63. The van der Waals surface area contributed by atoms with Gasteiger partial charge in [-0.2, -0.15) is 0 Å². The van der Waals surface area contributed by atoms with Gasteiger partial charge < -0.3 is 0 Å². The van der Waals surface area contributed by atoms with Gasteiger partial charge in [-0.1, -0.05) is 63.0 Å². The number of hydrogen-bond acceptors (Lipinski definition) is 0. The summed E-state index contributed by atoms with van der Waals surface area (Å²) in [5.74, 6) is 1.06. The minimum atomic E-state index is 1.06. The van der Waals surface area contributed by atoms with Crippen LogP contribution in [0.5, 0.6) is 0 Å². The predicted octanol–water partition coefficient (Wildman–Crippen LogP) is 5.04. The van der Waals surface area contributed by atoms with Crippen LogP contribution in [0, 0.1) is 5.92 Å². The van der Waals surface area contributed by atoms with Crippen molar-refractivity contribution in [2.45, 2.75) is 52.9 Å². The van der Waals surface area contributed by atoms with Gasteiger partial charge >= 0.3 is 0 Å². The van der Waals surface area contributed by atoms with Gasteiger partial charge in [0, 0.05) is 0 Å².